The van der Waals surface area contributed by atoms with Gasteiger partial charge in [-0.3, -0.25) is 0 Å². The summed E-state index contributed by atoms with van der Waals surface area (Å²) in [5.74, 6) is 0. The van der Waals surface area contributed by atoms with Crippen molar-refractivity contribution < 1.29 is 9.84 Å². The summed E-state index contributed by atoms with van der Waals surface area (Å²) in [4.78, 5) is 2.36. The van der Waals surface area contributed by atoms with Crippen molar-refractivity contribution in [1.82, 2.24) is 10.2 Å². The minimum Gasteiger partial charge on any atom is -0.394 e. The summed E-state index contributed by atoms with van der Waals surface area (Å²) < 4.78 is 5.38. The van der Waals surface area contributed by atoms with E-state index in [4.69, 9.17) is 4.74 Å². The van der Waals surface area contributed by atoms with Gasteiger partial charge in [0.05, 0.1) is 12.1 Å². The SMILES string of the molecule is CCCNC(C)(CO)CN(C)C1CCOCC1. The molecule has 0 aromatic carbocycles. The fourth-order valence-corrected chi connectivity index (χ4v) is 2.39. The highest BCUT2D eigenvalue weighted by Crippen LogP contribution is 2.15. The molecule has 1 atom stereocenters. The van der Waals surface area contributed by atoms with E-state index < -0.39 is 0 Å². The standard InChI is InChI=1S/C13H28N2O2/c1-4-7-14-13(2,11-16)10-15(3)12-5-8-17-9-6-12/h12,14,16H,4-11H2,1-3H3. The van der Waals surface area contributed by atoms with Crippen molar-refractivity contribution >= 4 is 0 Å². The molecule has 0 aliphatic carbocycles. The van der Waals surface area contributed by atoms with E-state index >= 15 is 0 Å². The minimum atomic E-state index is -0.191. The van der Waals surface area contributed by atoms with Gasteiger partial charge in [-0.25, -0.2) is 0 Å². The third-order valence-corrected chi connectivity index (χ3v) is 3.56. The van der Waals surface area contributed by atoms with Gasteiger partial charge in [0.2, 0.25) is 0 Å². The predicted molar refractivity (Wildman–Crippen MR) is 70.3 cm³/mol. The molecule has 2 N–H and O–H groups in total. The fourth-order valence-electron chi connectivity index (χ4n) is 2.39. The second-order valence-electron chi connectivity index (χ2n) is 5.40. The van der Waals surface area contributed by atoms with Crippen molar-refractivity contribution in [2.24, 2.45) is 0 Å². The fraction of sp³-hybridized carbons (Fsp3) is 1.00. The molecule has 1 rings (SSSR count). The number of hydrogen-bond acceptors (Lipinski definition) is 4. The van der Waals surface area contributed by atoms with Crippen LogP contribution in [0.25, 0.3) is 0 Å². The largest absolute Gasteiger partial charge is 0.394 e. The molecule has 0 aromatic heterocycles. The second kappa shape index (κ2) is 7.31. The Balaban J connectivity index is 2.42. The van der Waals surface area contributed by atoms with Crippen LogP contribution < -0.4 is 5.32 Å². The maximum absolute atomic E-state index is 9.55. The van der Waals surface area contributed by atoms with Gasteiger partial charge in [0.25, 0.3) is 0 Å². The van der Waals surface area contributed by atoms with Crippen LogP contribution in [-0.4, -0.2) is 61.5 Å². The number of nitrogens with one attached hydrogen (secondary N) is 1. The van der Waals surface area contributed by atoms with Crippen molar-refractivity contribution in [3.63, 3.8) is 0 Å². The van der Waals surface area contributed by atoms with Crippen LogP contribution in [0.2, 0.25) is 0 Å². The Morgan fingerprint density at radius 1 is 1.41 bits per heavy atom. The lowest BCUT2D eigenvalue weighted by Gasteiger charge is -2.38. The van der Waals surface area contributed by atoms with Gasteiger partial charge in [-0.05, 0) is 39.8 Å². The zero-order valence-corrected chi connectivity index (χ0v) is 11.5. The van der Waals surface area contributed by atoms with Crippen LogP contribution in [0.1, 0.15) is 33.1 Å². The number of nitrogens with zero attached hydrogens (tertiary/aromatic N) is 1. The van der Waals surface area contributed by atoms with Crippen LogP contribution in [-0.2, 0) is 4.74 Å². The molecule has 102 valence electrons. The quantitative estimate of drug-likeness (QED) is 0.697. The summed E-state index contributed by atoms with van der Waals surface area (Å²) in [6.07, 6.45) is 3.30. The van der Waals surface area contributed by atoms with Crippen molar-refractivity contribution in [2.45, 2.75) is 44.7 Å². The lowest BCUT2D eigenvalue weighted by atomic mass is 10.00. The summed E-state index contributed by atoms with van der Waals surface area (Å²) in [6, 6.07) is 0.595. The average molecular weight is 244 g/mol. The van der Waals surface area contributed by atoms with E-state index in [0.717, 1.165) is 45.6 Å². The molecule has 1 aliphatic heterocycles. The van der Waals surface area contributed by atoms with E-state index in [1.165, 1.54) is 0 Å². The summed E-state index contributed by atoms with van der Waals surface area (Å²) in [7, 11) is 2.15. The van der Waals surface area contributed by atoms with E-state index in [-0.39, 0.29) is 12.1 Å². The van der Waals surface area contributed by atoms with Gasteiger partial charge >= 0.3 is 0 Å². The highest BCUT2D eigenvalue weighted by Gasteiger charge is 2.28. The van der Waals surface area contributed by atoms with E-state index in [0.29, 0.717) is 6.04 Å². The molecule has 0 amide bonds. The van der Waals surface area contributed by atoms with Crippen LogP contribution >= 0.6 is 0 Å². The van der Waals surface area contributed by atoms with Gasteiger partial charge < -0.3 is 20.1 Å². The van der Waals surface area contributed by atoms with Gasteiger partial charge in [-0.2, -0.15) is 0 Å². The van der Waals surface area contributed by atoms with Crippen LogP contribution in [0.4, 0.5) is 0 Å². The van der Waals surface area contributed by atoms with E-state index in [1.807, 2.05) is 0 Å². The van der Waals surface area contributed by atoms with Crippen LogP contribution in [0.5, 0.6) is 0 Å². The second-order valence-corrected chi connectivity index (χ2v) is 5.40. The Morgan fingerprint density at radius 2 is 2.06 bits per heavy atom. The summed E-state index contributed by atoms with van der Waals surface area (Å²) >= 11 is 0. The molecule has 0 radical (unpaired) electrons. The number of hydrogen-bond donors (Lipinski definition) is 2. The van der Waals surface area contributed by atoms with Crippen molar-refractivity contribution in [3.8, 4) is 0 Å². The Kier molecular flexibility index (Phi) is 6.41. The average Bonchev–Trinajstić information content (AvgIpc) is 2.37. The number of likely N-dealkylation sites (N-methyl/N-ethyl adjacent to an activating group) is 1. The number of aliphatic hydroxyl groups is 1. The molecular weight excluding hydrogens is 216 g/mol. The molecule has 1 aliphatic rings. The summed E-state index contributed by atoms with van der Waals surface area (Å²) in [6.45, 7) is 8.00. The van der Waals surface area contributed by atoms with E-state index in [9.17, 15) is 5.11 Å². The molecule has 0 spiro atoms. The Bertz CT molecular complexity index is 208. The lowest BCUT2D eigenvalue weighted by Crippen LogP contribution is -2.55. The molecule has 4 nitrogen and oxygen atoms in total. The number of aliphatic hydroxyl groups excluding tert-OH is 1. The predicted octanol–water partition coefficient (Wildman–Crippen LogP) is 0.848. The highest BCUT2D eigenvalue weighted by atomic mass is 16.5. The van der Waals surface area contributed by atoms with Gasteiger partial charge in [0.15, 0.2) is 0 Å². The molecular formula is C13H28N2O2. The van der Waals surface area contributed by atoms with Gasteiger partial charge in [0, 0.05) is 25.8 Å². The van der Waals surface area contributed by atoms with Crippen LogP contribution in [0.15, 0.2) is 0 Å². The Labute approximate surface area is 105 Å². The van der Waals surface area contributed by atoms with Gasteiger partial charge in [0.1, 0.15) is 0 Å². The topological polar surface area (TPSA) is 44.7 Å². The molecule has 1 unspecified atom stereocenters. The molecule has 1 heterocycles. The molecule has 1 saturated heterocycles. The maximum Gasteiger partial charge on any atom is 0.0623 e. The number of ether oxygens (including phenoxy) is 1. The summed E-state index contributed by atoms with van der Waals surface area (Å²) in [5, 5.41) is 13.0. The number of rotatable bonds is 7. The monoisotopic (exact) mass is 244 g/mol. The van der Waals surface area contributed by atoms with Crippen LogP contribution in [0.3, 0.4) is 0 Å². The molecule has 0 saturated carbocycles. The molecule has 0 bridgehead atoms. The minimum absolute atomic E-state index is 0.181. The zero-order valence-electron chi connectivity index (χ0n) is 11.5. The summed E-state index contributed by atoms with van der Waals surface area (Å²) in [5.41, 5.74) is -0.191. The van der Waals surface area contributed by atoms with Crippen molar-refractivity contribution in [2.75, 3.05) is 40.0 Å². The Hall–Kier alpha value is -0.160. The molecule has 0 aromatic rings. The molecule has 17 heavy (non-hydrogen) atoms. The van der Waals surface area contributed by atoms with Crippen LogP contribution in [0, 0.1) is 0 Å². The first-order valence-corrected chi connectivity index (χ1v) is 6.75. The molecule has 1 fully saturated rings. The first kappa shape index (κ1) is 14.9. The third kappa shape index (κ3) is 4.92. The Morgan fingerprint density at radius 3 is 2.59 bits per heavy atom. The normalized spacial score (nSPS) is 21.7. The maximum atomic E-state index is 9.55. The molecule has 4 heteroatoms. The zero-order chi connectivity index (χ0) is 12.7. The first-order chi connectivity index (χ1) is 8.11. The van der Waals surface area contributed by atoms with E-state index in [1.54, 1.807) is 0 Å². The highest BCUT2D eigenvalue weighted by molar-refractivity contribution is 4.87. The van der Waals surface area contributed by atoms with Crippen molar-refractivity contribution in [1.29, 1.82) is 0 Å². The van der Waals surface area contributed by atoms with Crippen molar-refractivity contribution in [3.05, 3.63) is 0 Å². The lowest BCUT2D eigenvalue weighted by molar-refractivity contribution is 0.0280. The van der Waals surface area contributed by atoms with E-state index in [2.05, 4.69) is 31.1 Å². The smallest absolute Gasteiger partial charge is 0.0623 e. The first-order valence-electron chi connectivity index (χ1n) is 6.75. The van der Waals surface area contributed by atoms with Gasteiger partial charge in [-0.1, -0.05) is 6.92 Å². The van der Waals surface area contributed by atoms with Gasteiger partial charge in [-0.15, -0.1) is 0 Å². The third-order valence-electron chi connectivity index (χ3n) is 3.56.